The van der Waals surface area contributed by atoms with E-state index in [9.17, 15) is 0 Å². The summed E-state index contributed by atoms with van der Waals surface area (Å²) in [6.45, 7) is 7.72. The van der Waals surface area contributed by atoms with E-state index < -0.39 is 0 Å². The number of benzene rings is 1. The summed E-state index contributed by atoms with van der Waals surface area (Å²) in [7, 11) is 0. The largest absolute Gasteiger partial charge is 0.368 e. The van der Waals surface area contributed by atoms with E-state index in [0.29, 0.717) is 0 Å². The molecule has 0 amide bonds. The lowest BCUT2D eigenvalue weighted by Gasteiger charge is -2.29. The molecule has 1 N–H and O–H groups in total. The first-order chi connectivity index (χ1) is 8.78. The van der Waals surface area contributed by atoms with Crippen LogP contribution in [0.25, 0.3) is 0 Å². The number of fused-ring (bicyclic) bond motifs is 2. The van der Waals surface area contributed by atoms with Gasteiger partial charge < -0.3 is 10.2 Å². The summed E-state index contributed by atoms with van der Waals surface area (Å²) in [5.74, 6) is 0.969. The molecule has 1 aromatic rings. The highest BCUT2D eigenvalue weighted by molar-refractivity contribution is 5.53. The Hall–Kier alpha value is -1.02. The van der Waals surface area contributed by atoms with E-state index in [1.54, 1.807) is 0 Å². The molecule has 1 aliphatic heterocycles. The number of hydrogen-bond donors (Lipinski definition) is 1. The van der Waals surface area contributed by atoms with Gasteiger partial charge in [0, 0.05) is 24.8 Å². The predicted octanol–water partition coefficient (Wildman–Crippen LogP) is 3.09. The van der Waals surface area contributed by atoms with Crippen LogP contribution in [0.1, 0.15) is 37.3 Å². The molecule has 2 bridgehead atoms. The molecule has 1 saturated carbocycles. The molecule has 2 atom stereocenters. The first-order valence-corrected chi connectivity index (χ1v) is 7.35. The van der Waals surface area contributed by atoms with Gasteiger partial charge in [-0.15, -0.1) is 0 Å². The van der Waals surface area contributed by atoms with Crippen LogP contribution in [0.5, 0.6) is 0 Å². The van der Waals surface area contributed by atoms with Crippen molar-refractivity contribution in [3.8, 4) is 0 Å². The Balaban J connectivity index is 1.76. The molecule has 1 saturated heterocycles. The van der Waals surface area contributed by atoms with Crippen LogP contribution in [0.15, 0.2) is 18.2 Å². The second kappa shape index (κ2) is 4.93. The molecule has 1 heterocycles. The smallest absolute Gasteiger partial charge is 0.0371 e. The van der Waals surface area contributed by atoms with Crippen LogP contribution in [-0.2, 0) is 6.54 Å². The number of nitrogens with zero attached hydrogens (tertiary/aromatic N) is 1. The van der Waals surface area contributed by atoms with Crippen molar-refractivity contribution >= 4 is 5.69 Å². The van der Waals surface area contributed by atoms with Crippen molar-refractivity contribution in [1.82, 2.24) is 5.32 Å². The maximum atomic E-state index is 3.41. The van der Waals surface area contributed by atoms with Crippen LogP contribution in [0.4, 0.5) is 5.69 Å². The minimum absolute atomic E-state index is 0.828. The average Bonchev–Trinajstić information content (AvgIpc) is 2.99. The van der Waals surface area contributed by atoms with Gasteiger partial charge in [-0.25, -0.2) is 0 Å². The van der Waals surface area contributed by atoms with Crippen LogP contribution >= 0.6 is 0 Å². The van der Waals surface area contributed by atoms with Gasteiger partial charge in [-0.3, -0.25) is 0 Å². The Morgan fingerprint density at radius 2 is 2.22 bits per heavy atom. The van der Waals surface area contributed by atoms with E-state index in [-0.39, 0.29) is 0 Å². The summed E-state index contributed by atoms with van der Waals surface area (Å²) in [6.07, 6.45) is 4.29. The van der Waals surface area contributed by atoms with E-state index in [1.165, 1.54) is 42.6 Å². The summed E-state index contributed by atoms with van der Waals surface area (Å²) in [5.41, 5.74) is 4.31. The van der Waals surface area contributed by atoms with Crippen molar-refractivity contribution in [2.45, 2.75) is 45.7 Å². The summed E-state index contributed by atoms with van der Waals surface area (Å²) >= 11 is 0. The zero-order valence-corrected chi connectivity index (χ0v) is 11.6. The Morgan fingerprint density at radius 1 is 1.33 bits per heavy atom. The van der Waals surface area contributed by atoms with Gasteiger partial charge in [-0.2, -0.15) is 0 Å². The second-order valence-electron chi connectivity index (χ2n) is 5.88. The highest BCUT2D eigenvalue weighted by Gasteiger charge is 2.37. The van der Waals surface area contributed by atoms with Gasteiger partial charge >= 0.3 is 0 Å². The molecule has 2 nitrogen and oxygen atoms in total. The van der Waals surface area contributed by atoms with Gasteiger partial charge in [0.15, 0.2) is 0 Å². The quantitative estimate of drug-likeness (QED) is 0.875. The van der Waals surface area contributed by atoms with E-state index in [1.807, 2.05) is 0 Å². The maximum absolute atomic E-state index is 3.41. The van der Waals surface area contributed by atoms with E-state index in [2.05, 4.69) is 42.3 Å². The molecule has 0 aromatic heterocycles. The first kappa shape index (κ1) is 12.0. The third-order valence-electron chi connectivity index (χ3n) is 4.63. The van der Waals surface area contributed by atoms with E-state index in [4.69, 9.17) is 0 Å². The van der Waals surface area contributed by atoms with E-state index in [0.717, 1.165) is 25.0 Å². The normalized spacial score (nSPS) is 26.0. The lowest BCUT2D eigenvalue weighted by molar-refractivity contribution is 0.553. The topological polar surface area (TPSA) is 15.3 Å². The van der Waals surface area contributed by atoms with Crippen molar-refractivity contribution in [3.63, 3.8) is 0 Å². The standard InChI is InChI=1S/C16H24N2/c1-3-17-10-14-5-7-15(8-12(14)2)18-11-13-4-6-16(18)9-13/h5,7-8,13,16-17H,3-4,6,9-11H2,1-2H3. The van der Waals surface area contributed by atoms with Gasteiger partial charge in [0.05, 0.1) is 0 Å². The van der Waals surface area contributed by atoms with E-state index >= 15 is 0 Å². The molecular weight excluding hydrogens is 220 g/mol. The summed E-state index contributed by atoms with van der Waals surface area (Å²) < 4.78 is 0. The molecule has 2 fully saturated rings. The van der Waals surface area contributed by atoms with Crippen molar-refractivity contribution < 1.29 is 0 Å². The fraction of sp³-hybridized carbons (Fsp3) is 0.625. The number of piperidine rings is 1. The lowest BCUT2D eigenvalue weighted by atomic mass is 10.1. The minimum atomic E-state index is 0.828. The van der Waals surface area contributed by atoms with Crippen LogP contribution in [0.3, 0.4) is 0 Å². The Morgan fingerprint density at radius 3 is 2.83 bits per heavy atom. The highest BCUT2D eigenvalue weighted by atomic mass is 15.2. The number of hydrogen-bond acceptors (Lipinski definition) is 2. The minimum Gasteiger partial charge on any atom is -0.368 e. The number of nitrogens with one attached hydrogen (secondary N) is 1. The van der Waals surface area contributed by atoms with Gasteiger partial charge in [0.1, 0.15) is 0 Å². The molecule has 2 unspecified atom stereocenters. The fourth-order valence-electron chi connectivity index (χ4n) is 3.56. The monoisotopic (exact) mass is 244 g/mol. The summed E-state index contributed by atoms with van der Waals surface area (Å²) in [4.78, 5) is 2.64. The van der Waals surface area contributed by atoms with Crippen molar-refractivity contribution in [3.05, 3.63) is 29.3 Å². The van der Waals surface area contributed by atoms with Gasteiger partial charge in [-0.05, 0) is 61.9 Å². The second-order valence-corrected chi connectivity index (χ2v) is 5.88. The zero-order chi connectivity index (χ0) is 12.5. The molecule has 18 heavy (non-hydrogen) atoms. The first-order valence-electron chi connectivity index (χ1n) is 7.35. The third-order valence-corrected chi connectivity index (χ3v) is 4.63. The molecule has 0 radical (unpaired) electrons. The van der Waals surface area contributed by atoms with Gasteiger partial charge in [-0.1, -0.05) is 13.0 Å². The summed E-state index contributed by atoms with van der Waals surface area (Å²) in [6, 6.07) is 7.83. The molecule has 98 valence electrons. The average molecular weight is 244 g/mol. The SMILES string of the molecule is CCNCc1ccc(N2CC3CCC2C3)cc1C. The molecule has 0 spiro atoms. The Bertz CT molecular complexity index is 427. The van der Waals surface area contributed by atoms with Crippen molar-refractivity contribution in [2.24, 2.45) is 5.92 Å². The van der Waals surface area contributed by atoms with Gasteiger partial charge in [0.25, 0.3) is 0 Å². The van der Waals surface area contributed by atoms with Crippen LogP contribution in [0, 0.1) is 12.8 Å². The third kappa shape index (κ3) is 2.14. The maximum Gasteiger partial charge on any atom is 0.0371 e. The van der Waals surface area contributed by atoms with Crippen molar-refractivity contribution in [1.29, 1.82) is 0 Å². The molecule has 1 aliphatic carbocycles. The zero-order valence-electron chi connectivity index (χ0n) is 11.6. The van der Waals surface area contributed by atoms with Gasteiger partial charge in [0.2, 0.25) is 0 Å². The lowest BCUT2D eigenvalue weighted by Crippen LogP contribution is -2.31. The molecule has 2 heteroatoms. The highest BCUT2D eigenvalue weighted by Crippen LogP contribution is 2.40. The molecule has 3 rings (SSSR count). The Labute approximate surface area is 110 Å². The number of anilines is 1. The summed E-state index contributed by atoms with van der Waals surface area (Å²) in [5, 5.41) is 3.41. The number of rotatable bonds is 4. The molecular formula is C16H24N2. The van der Waals surface area contributed by atoms with Crippen LogP contribution < -0.4 is 10.2 Å². The van der Waals surface area contributed by atoms with Crippen LogP contribution in [0.2, 0.25) is 0 Å². The fourth-order valence-corrected chi connectivity index (χ4v) is 3.56. The van der Waals surface area contributed by atoms with Crippen LogP contribution in [-0.4, -0.2) is 19.1 Å². The Kier molecular flexibility index (Phi) is 3.29. The predicted molar refractivity (Wildman–Crippen MR) is 77.0 cm³/mol. The van der Waals surface area contributed by atoms with Crippen molar-refractivity contribution in [2.75, 3.05) is 18.0 Å². The molecule has 1 aromatic carbocycles. The number of aryl methyl sites for hydroxylation is 1. The molecule has 2 aliphatic rings.